The zero-order chi connectivity index (χ0) is 22.0. The van der Waals surface area contributed by atoms with Crippen LogP contribution in [-0.4, -0.2) is 31.3 Å². The van der Waals surface area contributed by atoms with E-state index >= 15 is 0 Å². The first-order chi connectivity index (χ1) is 14.8. The number of hydrogen-bond acceptors (Lipinski definition) is 5. The van der Waals surface area contributed by atoms with Gasteiger partial charge in [-0.1, -0.05) is 48.0 Å². The standard InChI is InChI=1S/C22H21ClN2O4S2/c1-15(10-17-8-5-9-30-17)25(13-16-6-3-2-4-7-16)31(27,28)21-12-20-19(11-18(21)23)24-22(26)14-29-20/h2-9,11-12,15H,10,13-14H2,1H3,(H,24,26). The first-order valence-electron chi connectivity index (χ1n) is 9.69. The van der Waals surface area contributed by atoms with E-state index in [4.69, 9.17) is 16.3 Å². The number of carbonyl (C=O) groups is 1. The number of sulfonamides is 1. The highest BCUT2D eigenvalue weighted by Gasteiger charge is 2.33. The summed E-state index contributed by atoms with van der Waals surface area (Å²) in [7, 11) is -3.97. The third-order valence-corrected chi connectivity index (χ3v) is 8.33. The van der Waals surface area contributed by atoms with Crippen molar-refractivity contribution >= 4 is 44.6 Å². The lowest BCUT2D eigenvalue weighted by Crippen LogP contribution is -2.39. The summed E-state index contributed by atoms with van der Waals surface area (Å²) in [5.41, 5.74) is 1.24. The molecule has 0 aliphatic carbocycles. The number of thiophene rings is 1. The average molecular weight is 477 g/mol. The molecule has 31 heavy (non-hydrogen) atoms. The molecule has 1 amide bonds. The topological polar surface area (TPSA) is 75.7 Å². The lowest BCUT2D eigenvalue weighted by atomic mass is 10.1. The maximum Gasteiger partial charge on any atom is 0.262 e. The summed E-state index contributed by atoms with van der Waals surface area (Å²) < 4.78 is 34.4. The van der Waals surface area contributed by atoms with Crippen molar-refractivity contribution in [3.8, 4) is 5.75 Å². The molecule has 1 aliphatic rings. The number of halogens is 1. The van der Waals surface area contributed by atoms with Crippen LogP contribution in [0.2, 0.25) is 5.02 Å². The van der Waals surface area contributed by atoms with Gasteiger partial charge >= 0.3 is 0 Å². The molecule has 2 heterocycles. The van der Waals surface area contributed by atoms with Gasteiger partial charge in [0.05, 0.1) is 10.7 Å². The molecule has 6 nitrogen and oxygen atoms in total. The third kappa shape index (κ3) is 4.77. The van der Waals surface area contributed by atoms with E-state index in [9.17, 15) is 13.2 Å². The molecule has 2 aromatic carbocycles. The van der Waals surface area contributed by atoms with Gasteiger partial charge in [-0.2, -0.15) is 4.31 Å². The van der Waals surface area contributed by atoms with E-state index in [1.807, 2.05) is 54.8 Å². The third-order valence-electron chi connectivity index (χ3n) is 5.00. The van der Waals surface area contributed by atoms with Gasteiger partial charge in [-0.3, -0.25) is 4.79 Å². The summed E-state index contributed by atoms with van der Waals surface area (Å²) in [5, 5.41) is 4.66. The molecule has 0 fully saturated rings. The van der Waals surface area contributed by atoms with E-state index in [-0.39, 0.29) is 40.8 Å². The number of nitrogens with zero attached hydrogens (tertiary/aromatic N) is 1. The van der Waals surface area contributed by atoms with Gasteiger partial charge in [0.25, 0.3) is 5.91 Å². The number of hydrogen-bond donors (Lipinski definition) is 1. The van der Waals surface area contributed by atoms with Crippen LogP contribution in [0.3, 0.4) is 0 Å². The number of nitrogens with one attached hydrogen (secondary N) is 1. The van der Waals surface area contributed by atoms with Crippen molar-refractivity contribution in [3.63, 3.8) is 0 Å². The summed E-state index contributed by atoms with van der Waals surface area (Å²) >= 11 is 7.97. The van der Waals surface area contributed by atoms with Gasteiger partial charge in [-0.25, -0.2) is 8.42 Å². The first kappa shape index (κ1) is 21.8. The van der Waals surface area contributed by atoms with Crippen LogP contribution < -0.4 is 10.1 Å². The maximum atomic E-state index is 13.8. The van der Waals surface area contributed by atoms with Gasteiger partial charge in [-0.15, -0.1) is 11.3 Å². The minimum Gasteiger partial charge on any atom is -0.482 e. The number of ether oxygens (including phenoxy) is 1. The maximum absolute atomic E-state index is 13.8. The van der Waals surface area contributed by atoms with Crippen molar-refractivity contribution in [2.75, 3.05) is 11.9 Å². The average Bonchev–Trinajstić information content (AvgIpc) is 3.24. The Morgan fingerprint density at radius 3 is 2.68 bits per heavy atom. The van der Waals surface area contributed by atoms with Crippen molar-refractivity contribution in [2.45, 2.75) is 30.8 Å². The van der Waals surface area contributed by atoms with Crippen LogP contribution in [0.25, 0.3) is 0 Å². The highest BCUT2D eigenvalue weighted by molar-refractivity contribution is 7.89. The highest BCUT2D eigenvalue weighted by Crippen LogP contribution is 2.37. The number of rotatable bonds is 7. The zero-order valence-corrected chi connectivity index (χ0v) is 19.1. The van der Waals surface area contributed by atoms with Crippen LogP contribution in [-0.2, 0) is 27.8 Å². The van der Waals surface area contributed by atoms with Gasteiger partial charge in [-0.05, 0) is 36.4 Å². The quantitative estimate of drug-likeness (QED) is 0.542. The van der Waals surface area contributed by atoms with Gasteiger partial charge in [0, 0.05) is 23.5 Å². The van der Waals surface area contributed by atoms with E-state index in [0.717, 1.165) is 10.4 Å². The summed E-state index contributed by atoms with van der Waals surface area (Å²) in [4.78, 5) is 12.6. The molecule has 3 aromatic rings. The Morgan fingerprint density at radius 2 is 1.97 bits per heavy atom. The van der Waals surface area contributed by atoms with E-state index in [1.54, 1.807) is 11.3 Å². The molecule has 1 aromatic heterocycles. The van der Waals surface area contributed by atoms with E-state index in [0.29, 0.717) is 12.1 Å². The highest BCUT2D eigenvalue weighted by atomic mass is 35.5. The van der Waals surface area contributed by atoms with Gasteiger partial charge in [0.15, 0.2) is 6.61 Å². The molecule has 1 N–H and O–H groups in total. The molecule has 9 heteroatoms. The summed E-state index contributed by atoms with van der Waals surface area (Å²) in [6.07, 6.45) is 0.582. The molecule has 1 atom stereocenters. The Labute approximate surface area is 190 Å². The number of carbonyl (C=O) groups excluding carboxylic acids is 1. The summed E-state index contributed by atoms with van der Waals surface area (Å²) in [6.45, 7) is 1.93. The van der Waals surface area contributed by atoms with Crippen LogP contribution in [0.15, 0.2) is 64.9 Å². The van der Waals surface area contributed by atoms with Crippen molar-refractivity contribution in [3.05, 3.63) is 75.4 Å². The second-order valence-electron chi connectivity index (χ2n) is 7.28. The molecular weight excluding hydrogens is 456 g/mol. The Hall–Kier alpha value is -2.39. The van der Waals surface area contributed by atoms with Crippen molar-refractivity contribution < 1.29 is 17.9 Å². The monoisotopic (exact) mass is 476 g/mol. The molecule has 1 aliphatic heterocycles. The van der Waals surface area contributed by atoms with Crippen LogP contribution in [0.4, 0.5) is 5.69 Å². The first-order valence-corrected chi connectivity index (χ1v) is 12.4. The SMILES string of the molecule is CC(Cc1cccs1)N(Cc1ccccc1)S(=O)(=O)c1cc2c(cc1Cl)NC(=O)CO2. The lowest BCUT2D eigenvalue weighted by molar-refractivity contribution is -0.118. The smallest absolute Gasteiger partial charge is 0.262 e. The van der Waals surface area contributed by atoms with E-state index in [2.05, 4.69) is 5.32 Å². The van der Waals surface area contributed by atoms with Gasteiger partial charge in [0.1, 0.15) is 10.6 Å². The normalized spacial score (nSPS) is 14.6. The predicted octanol–water partition coefficient (Wildman–Crippen LogP) is 4.55. The molecular formula is C22H21ClN2O4S2. The molecule has 4 rings (SSSR count). The van der Waals surface area contributed by atoms with E-state index < -0.39 is 10.0 Å². The Kier molecular flexibility index (Phi) is 6.34. The van der Waals surface area contributed by atoms with Gasteiger partial charge in [0.2, 0.25) is 10.0 Å². The minimum atomic E-state index is -3.97. The largest absolute Gasteiger partial charge is 0.482 e. The minimum absolute atomic E-state index is 0.0333. The Morgan fingerprint density at radius 1 is 1.19 bits per heavy atom. The number of amides is 1. The molecule has 0 saturated heterocycles. The number of benzene rings is 2. The predicted molar refractivity (Wildman–Crippen MR) is 122 cm³/mol. The van der Waals surface area contributed by atoms with Gasteiger partial charge < -0.3 is 10.1 Å². The second-order valence-corrected chi connectivity index (χ2v) is 10.6. The molecule has 1 unspecified atom stereocenters. The Bertz CT molecular complexity index is 1180. The molecule has 162 valence electrons. The number of fused-ring (bicyclic) bond motifs is 1. The molecule has 0 radical (unpaired) electrons. The fraction of sp³-hybridized carbons (Fsp3) is 0.227. The zero-order valence-electron chi connectivity index (χ0n) is 16.7. The summed E-state index contributed by atoms with van der Waals surface area (Å²) in [5.74, 6) is -0.0254. The van der Waals surface area contributed by atoms with Crippen LogP contribution in [0.5, 0.6) is 5.75 Å². The van der Waals surface area contributed by atoms with Crippen LogP contribution >= 0.6 is 22.9 Å². The number of anilines is 1. The van der Waals surface area contributed by atoms with Crippen LogP contribution in [0.1, 0.15) is 17.4 Å². The summed E-state index contributed by atoms with van der Waals surface area (Å²) in [6, 6.07) is 15.9. The van der Waals surface area contributed by atoms with E-state index in [1.165, 1.54) is 16.4 Å². The molecule has 0 saturated carbocycles. The molecule has 0 bridgehead atoms. The molecule has 0 spiro atoms. The fourth-order valence-corrected chi connectivity index (χ4v) is 6.43. The van der Waals surface area contributed by atoms with Crippen molar-refractivity contribution in [2.24, 2.45) is 0 Å². The van der Waals surface area contributed by atoms with Crippen LogP contribution in [0, 0.1) is 0 Å². The lowest BCUT2D eigenvalue weighted by Gasteiger charge is -2.29. The van der Waals surface area contributed by atoms with Crippen molar-refractivity contribution in [1.29, 1.82) is 0 Å². The fourth-order valence-electron chi connectivity index (χ4n) is 3.47. The van der Waals surface area contributed by atoms with Crippen molar-refractivity contribution in [1.82, 2.24) is 4.31 Å². The second kappa shape index (κ2) is 9.00. The Balaban J connectivity index is 1.73.